The quantitative estimate of drug-likeness (QED) is 0.682. The lowest BCUT2D eigenvalue weighted by molar-refractivity contribution is -0.116. The van der Waals surface area contributed by atoms with Crippen LogP contribution in [0.15, 0.2) is 6.07 Å². The number of nitrogens with one attached hydrogen (secondary N) is 2. The van der Waals surface area contributed by atoms with Gasteiger partial charge in [-0.1, -0.05) is 13.3 Å². The first kappa shape index (κ1) is 11.7. The van der Waals surface area contributed by atoms with Crippen LogP contribution in [0.5, 0.6) is 0 Å². The number of aromatic amines is 1. The van der Waals surface area contributed by atoms with Gasteiger partial charge in [0.25, 0.3) is 0 Å². The second kappa shape index (κ2) is 5.50. The lowest BCUT2D eigenvalue weighted by atomic mass is 10.1. The van der Waals surface area contributed by atoms with Gasteiger partial charge in [-0.3, -0.25) is 9.89 Å². The van der Waals surface area contributed by atoms with Gasteiger partial charge in [-0.2, -0.15) is 5.10 Å². The molecule has 1 heterocycles. The molecule has 1 atom stereocenters. The first-order valence-electron chi connectivity index (χ1n) is 5.19. The molecule has 0 saturated heterocycles. The number of carbonyl (C=O) groups excluding carboxylic acids is 1. The second-order valence-corrected chi connectivity index (χ2v) is 3.74. The van der Waals surface area contributed by atoms with E-state index in [0.29, 0.717) is 12.2 Å². The number of rotatable bonds is 5. The van der Waals surface area contributed by atoms with Gasteiger partial charge in [0.15, 0.2) is 5.82 Å². The zero-order valence-corrected chi connectivity index (χ0v) is 9.21. The number of H-pyrrole nitrogens is 1. The van der Waals surface area contributed by atoms with Crippen LogP contribution in [0.25, 0.3) is 0 Å². The predicted molar refractivity (Wildman–Crippen MR) is 59.5 cm³/mol. The van der Waals surface area contributed by atoms with E-state index in [1.165, 1.54) is 0 Å². The Morgan fingerprint density at radius 1 is 1.73 bits per heavy atom. The third-order valence-corrected chi connectivity index (χ3v) is 2.08. The molecule has 1 aromatic rings. The van der Waals surface area contributed by atoms with Crippen LogP contribution in [-0.2, 0) is 4.79 Å². The fourth-order valence-electron chi connectivity index (χ4n) is 1.39. The molecule has 0 aliphatic heterocycles. The van der Waals surface area contributed by atoms with Gasteiger partial charge in [0.2, 0.25) is 5.91 Å². The smallest absolute Gasteiger partial charge is 0.227 e. The van der Waals surface area contributed by atoms with E-state index in [9.17, 15) is 4.79 Å². The fraction of sp³-hybridized carbons (Fsp3) is 0.600. The molecule has 0 bridgehead atoms. The Morgan fingerprint density at radius 2 is 2.47 bits per heavy atom. The van der Waals surface area contributed by atoms with Gasteiger partial charge in [-0.05, 0) is 13.3 Å². The number of nitrogens with zero attached hydrogens (tertiary/aromatic N) is 1. The van der Waals surface area contributed by atoms with Crippen LogP contribution in [0.1, 0.15) is 31.9 Å². The lowest BCUT2D eigenvalue weighted by Crippen LogP contribution is -2.26. The topological polar surface area (TPSA) is 83.8 Å². The van der Waals surface area contributed by atoms with Crippen LogP contribution in [0.2, 0.25) is 0 Å². The molecule has 5 nitrogen and oxygen atoms in total. The maximum Gasteiger partial charge on any atom is 0.227 e. The summed E-state index contributed by atoms with van der Waals surface area (Å²) in [5.41, 5.74) is 6.67. The van der Waals surface area contributed by atoms with E-state index in [1.54, 1.807) is 6.07 Å². The molecular formula is C10H18N4O. The molecule has 0 fully saturated rings. The molecule has 4 N–H and O–H groups in total. The maximum atomic E-state index is 11.5. The number of hydrogen-bond donors (Lipinski definition) is 3. The molecule has 0 aromatic carbocycles. The summed E-state index contributed by atoms with van der Waals surface area (Å²) in [7, 11) is 0. The first-order valence-corrected chi connectivity index (χ1v) is 5.19. The molecule has 1 amide bonds. The Morgan fingerprint density at radius 3 is 3.00 bits per heavy atom. The number of aryl methyl sites for hydroxylation is 1. The molecule has 5 heteroatoms. The highest BCUT2D eigenvalue weighted by Gasteiger charge is 2.09. The molecule has 1 aromatic heterocycles. The van der Waals surface area contributed by atoms with Crippen LogP contribution in [-0.4, -0.2) is 22.1 Å². The van der Waals surface area contributed by atoms with Crippen molar-refractivity contribution in [2.75, 3.05) is 5.32 Å². The standard InChI is InChI=1S/C10H18N4O/c1-3-4-8(11)6-10(15)12-9-5-7(2)13-14-9/h5,8H,3-4,6,11H2,1-2H3,(H2,12,13,14,15). The van der Waals surface area contributed by atoms with Crippen LogP contribution < -0.4 is 11.1 Å². The lowest BCUT2D eigenvalue weighted by Gasteiger charge is -2.08. The molecule has 15 heavy (non-hydrogen) atoms. The van der Waals surface area contributed by atoms with Crippen molar-refractivity contribution < 1.29 is 4.79 Å². The van der Waals surface area contributed by atoms with E-state index in [0.717, 1.165) is 18.5 Å². The van der Waals surface area contributed by atoms with Crippen LogP contribution in [0.4, 0.5) is 5.82 Å². The largest absolute Gasteiger partial charge is 0.327 e. The number of carbonyl (C=O) groups is 1. The van der Waals surface area contributed by atoms with Crippen molar-refractivity contribution >= 4 is 11.7 Å². The number of anilines is 1. The van der Waals surface area contributed by atoms with E-state index in [4.69, 9.17) is 5.73 Å². The minimum absolute atomic E-state index is 0.0601. The highest BCUT2D eigenvalue weighted by Crippen LogP contribution is 2.05. The molecule has 84 valence electrons. The summed E-state index contributed by atoms with van der Waals surface area (Å²) in [4.78, 5) is 11.5. The van der Waals surface area contributed by atoms with Crippen LogP contribution >= 0.6 is 0 Å². The van der Waals surface area contributed by atoms with E-state index in [-0.39, 0.29) is 11.9 Å². The molecule has 0 radical (unpaired) electrons. The third kappa shape index (κ3) is 4.12. The molecule has 0 aliphatic rings. The minimum atomic E-state index is -0.0811. The first-order chi connectivity index (χ1) is 7.11. The molecule has 1 rings (SSSR count). The highest BCUT2D eigenvalue weighted by atomic mass is 16.1. The molecule has 0 spiro atoms. The van der Waals surface area contributed by atoms with Crippen molar-refractivity contribution in [2.24, 2.45) is 5.73 Å². The Bertz CT molecular complexity index is 321. The predicted octanol–water partition coefficient (Wildman–Crippen LogP) is 1.17. The van der Waals surface area contributed by atoms with E-state index in [1.807, 2.05) is 6.92 Å². The van der Waals surface area contributed by atoms with Gasteiger partial charge < -0.3 is 11.1 Å². The van der Waals surface area contributed by atoms with Crippen molar-refractivity contribution in [3.05, 3.63) is 11.8 Å². The zero-order valence-electron chi connectivity index (χ0n) is 9.21. The summed E-state index contributed by atoms with van der Waals surface area (Å²) in [6, 6.07) is 1.72. The zero-order chi connectivity index (χ0) is 11.3. The van der Waals surface area contributed by atoms with Crippen LogP contribution in [0.3, 0.4) is 0 Å². The van der Waals surface area contributed by atoms with Gasteiger partial charge >= 0.3 is 0 Å². The maximum absolute atomic E-state index is 11.5. The van der Waals surface area contributed by atoms with Crippen molar-refractivity contribution in [1.82, 2.24) is 10.2 Å². The summed E-state index contributed by atoms with van der Waals surface area (Å²) in [5, 5.41) is 9.36. The normalized spacial score (nSPS) is 12.5. The van der Waals surface area contributed by atoms with Gasteiger partial charge in [-0.25, -0.2) is 0 Å². The van der Waals surface area contributed by atoms with Crippen molar-refractivity contribution in [1.29, 1.82) is 0 Å². The molecule has 0 aliphatic carbocycles. The monoisotopic (exact) mass is 210 g/mol. The highest BCUT2D eigenvalue weighted by molar-refractivity contribution is 5.90. The Labute approximate surface area is 89.4 Å². The van der Waals surface area contributed by atoms with Gasteiger partial charge in [-0.15, -0.1) is 0 Å². The molecule has 0 saturated carbocycles. The molecule has 1 unspecified atom stereocenters. The van der Waals surface area contributed by atoms with E-state index in [2.05, 4.69) is 22.4 Å². The van der Waals surface area contributed by atoms with E-state index < -0.39 is 0 Å². The summed E-state index contributed by atoms with van der Waals surface area (Å²) in [5.74, 6) is 0.476. The van der Waals surface area contributed by atoms with Gasteiger partial charge in [0, 0.05) is 24.2 Å². The summed E-state index contributed by atoms with van der Waals surface area (Å²) in [6.45, 7) is 3.93. The van der Waals surface area contributed by atoms with Crippen molar-refractivity contribution in [3.63, 3.8) is 0 Å². The number of aromatic nitrogens is 2. The second-order valence-electron chi connectivity index (χ2n) is 3.74. The van der Waals surface area contributed by atoms with Gasteiger partial charge in [0.05, 0.1) is 0 Å². The number of amides is 1. The third-order valence-electron chi connectivity index (χ3n) is 2.08. The fourth-order valence-corrected chi connectivity index (χ4v) is 1.39. The number of nitrogens with two attached hydrogens (primary N) is 1. The Kier molecular flexibility index (Phi) is 4.30. The summed E-state index contributed by atoms with van der Waals surface area (Å²) in [6.07, 6.45) is 2.21. The molecular weight excluding hydrogens is 192 g/mol. The average molecular weight is 210 g/mol. The average Bonchev–Trinajstić information content (AvgIpc) is 2.51. The van der Waals surface area contributed by atoms with E-state index >= 15 is 0 Å². The summed E-state index contributed by atoms with van der Waals surface area (Å²) < 4.78 is 0. The van der Waals surface area contributed by atoms with Gasteiger partial charge in [0.1, 0.15) is 0 Å². The minimum Gasteiger partial charge on any atom is -0.327 e. The van der Waals surface area contributed by atoms with Crippen molar-refractivity contribution in [2.45, 2.75) is 39.2 Å². The Balaban J connectivity index is 2.36. The Hall–Kier alpha value is -1.36. The summed E-state index contributed by atoms with van der Waals surface area (Å²) >= 11 is 0. The number of hydrogen-bond acceptors (Lipinski definition) is 3. The van der Waals surface area contributed by atoms with Crippen molar-refractivity contribution in [3.8, 4) is 0 Å². The van der Waals surface area contributed by atoms with Crippen LogP contribution in [0, 0.1) is 6.92 Å². The SMILES string of the molecule is CCCC(N)CC(=O)Nc1cc(C)[nH]n1.